The molecule has 7 heteroatoms. The summed E-state index contributed by atoms with van der Waals surface area (Å²) >= 11 is 0. The Bertz CT molecular complexity index is 648. The van der Waals surface area contributed by atoms with E-state index in [0.717, 1.165) is 5.52 Å². The van der Waals surface area contributed by atoms with Crippen LogP contribution in [-0.2, 0) is 18.3 Å². The van der Waals surface area contributed by atoms with E-state index in [9.17, 15) is 20.0 Å². The highest BCUT2D eigenvalue weighted by Gasteiger charge is 2.12. The van der Waals surface area contributed by atoms with Gasteiger partial charge in [-0.1, -0.05) is 0 Å². The number of carboxylic acid groups (broad SMARTS) is 1. The Morgan fingerprint density at radius 1 is 1.47 bits per heavy atom. The van der Waals surface area contributed by atoms with Crippen molar-refractivity contribution >= 4 is 22.7 Å². The van der Waals surface area contributed by atoms with Gasteiger partial charge in [-0.3, -0.25) is 10.1 Å². The molecule has 0 N–H and O–H groups in total. The Kier molecular flexibility index (Phi) is 3.46. The van der Waals surface area contributed by atoms with E-state index in [4.69, 9.17) is 0 Å². The van der Waals surface area contributed by atoms with E-state index < -0.39 is 10.9 Å². The number of nitro benzene ring substituents is 1. The van der Waals surface area contributed by atoms with Gasteiger partial charge in [0.05, 0.1) is 16.0 Å². The number of hydrogen-bond acceptors (Lipinski definition) is 5. The number of carbonyl (C=O) groups excluding carboxylic acids is 1. The predicted octanol–water partition coefficient (Wildman–Crippen LogP) is 0.554. The summed E-state index contributed by atoms with van der Waals surface area (Å²) in [5, 5.41) is 21.0. The molecule has 100 valence electrons. The van der Waals surface area contributed by atoms with Gasteiger partial charge < -0.3 is 14.5 Å². The van der Waals surface area contributed by atoms with Crippen molar-refractivity contribution in [3.63, 3.8) is 0 Å². The predicted molar refractivity (Wildman–Crippen MR) is 65.3 cm³/mol. The molecule has 0 saturated carbocycles. The molecular weight excluding hydrogens is 250 g/mol. The number of nitrogens with zero attached hydrogens (tertiary/aromatic N) is 3. The maximum absolute atomic E-state index is 10.7. The third-order valence-corrected chi connectivity index (χ3v) is 2.95. The van der Waals surface area contributed by atoms with Crippen LogP contribution in [0.3, 0.4) is 0 Å². The number of carboxylic acids is 1. The van der Waals surface area contributed by atoms with Gasteiger partial charge in [-0.2, -0.15) is 0 Å². The Labute approximate surface area is 108 Å². The summed E-state index contributed by atoms with van der Waals surface area (Å²) in [4.78, 5) is 24.9. The van der Waals surface area contributed by atoms with Crippen molar-refractivity contribution in [2.75, 3.05) is 0 Å². The second-order valence-electron chi connectivity index (χ2n) is 4.24. The molecule has 0 unspecified atom stereocenters. The van der Waals surface area contributed by atoms with Crippen molar-refractivity contribution in [1.29, 1.82) is 0 Å². The normalized spacial score (nSPS) is 10.8. The van der Waals surface area contributed by atoms with Gasteiger partial charge in [-0.05, 0) is 18.9 Å². The monoisotopic (exact) mass is 262 g/mol. The Morgan fingerprint density at radius 3 is 2.84 bits per heavy atom. The molecule has 0 aliphatic carbocycles. The fraction of sp³-hybridized carbons (Fsp3) is 0.333. The highest BCUT2D eigenvalue weighted by Crippen LogP contribution is 2.21. The molecule has 1 heterocycles. The molecule has 1 aromatic carbocycles. The Balaban J connectivity index is 2.28. The zero-order chi connectivity index (χ0) is 14.0. The number of aryl methyl sites for hydroxylation is 2. The number of hydrogen-bond donors (Lipinski definition) is 0. The highest BCUT2D eigenvalue weighted by molar-refractivity contribution is 5.78. The van der Waals surface area contributed by atoms with Crippen LogP contribution in [0.2, 0.25) is 0 Å². The molecule has 2 aromatic rings. The van der Waals surface area contributed by atoms with Crippen molar-refractivity contribution in [1.82, 2.24) is 9.55 Å². The molecule has 0 amide bonds. The lowest BCUT2D eigenvalue weighted by Gasteiger charge is -2.03. The number of aromatic nitrogens is 2. The van der Waals surface area contributed by atoms with Gasteiger partial charge in [0.15, 0.2) is 0 Å². The summed E-state index contributed by atoms with van der Waals surface area (Å²) in [7, 11) is 1.80. The first-order valence-electron chi connectivity index (χ1n) is 5.78. The molecule has 0 aliphatic heterocycles. The molecule has 0 fully saturated rings. The first kappa shape index (κ1) is 13.0. The van der Waals surface area contributed by atoms with E-state index in [1.54, 1.807) is 13.1 Å². The average molecular weight is 262 g/mol. The number of nitro groups is 1. The zero-order valence-electron chi connectivity index (χ0n) is 10.3. The highest BCUT2D eigenvalue weighted by atomic mass is 16.6. The minimum Gasteiger partial charge on any atom is -0.550 e. The summed E-state index contributed by atoms with van der Waals surface area (Å²) in [5.41, 5.74) is 1.32. The third-order valence-electron chi connectivity index (χ3n) is 2.95. The fourth-order valence-corrected chi connectivity index (χ4v) is 1.97. The van der Waals surface area contributed by atoms with Crippen LogP contribution in [0.15, 0.2) is 18.2 Å². The van der Waals surface area contributed by atoms with E-state index in [2.05, 4.69) is 4.98 Å². The maximum atomic E-state index is 10.7. The molecule has 0 radical (unpaired) electrons. The summed E-state index contributed by atoms with van der Waals surface area (Å²) in [5.74, 6) is -0.383. The summed E-state index contributed by atoms with van der Waals surface area (Å²) < 4.78 is 1.81. The number of aliphatic carboxylic acids is 1. The van der Waals surface area contributed by atoms with Crippen LogP contribution in [0.5, 0.6) is 0 Å². The number of carbonyl (C=O) groups is 1. The Morgan fingerprint density at radius 2 is 2.21 bits per heavy atom. The molecule has 1 aromatic heterocycles. The number of rotatable bonds is 5. The van der Waals surface area contributed by atoms with E-state index in [1.165, 1.54) is 12.1 Å². The number of imidazole rings is 1. The summed E-state index contributed by atoms with van der Waals surface area (Å²) in [6.45, 7) is 0. The van der Waals surface area contributed by atoms with Crippen LogP contribution < -0.4 is 5.11 Å². The van der Waals surface area contributed by atoms with Crippen molar-refractivity contribution in [3.05, 3.63) is 34.1 Å². The third kappa shape index (κ3) is 2.70. The van der Waals surface area contributed by atoms with Crippen molar-refractivity contribution in [2.24, 2.45) is 7.05 Å². The number of benzene rings is 1. The second-order valence-corrected chi connectivity index (χ2v) is 4.24. The first-order valence-corrected chi connectivity index (χ1v) is 5.78. The van der Waals surface area contributed by atoms with Crippen LogP contribution in [0.1, 0.15) is 18.7 Å². The van der Waals surface area contributed by atoms with E-state index in [0.29, 0.717) is 24.2 Å². The van der Waals surface area contributed by atoms with Gasteiger partial charge in [-0.25, -0.2) is 4.98 Å². The zero-order valence-corrected chi connectivity index (χ0v) is 10.3. The molecule has 0 aliphatic rings. The quantitative estimate of drug-likeness (QED) is 0.578. The van der Waals surface area contributed by atoms with E-state index in [1.807, 2.05) is 4.57 Å². The van der Waals surface area contributed by atoms with Crippen LogP contribution in [0, 0.1) is 10.1 Å². The second kappa shape index (κ2) is 5.05. The molecule has 0 spiro atoms. The average Bonchev–Trinajstić information content (AvgIpc) is 2.65. The lowest BCUT2D eigenvalue weighted by Crippen LogP contribution is -2.21. The molecule has 7 nitrogen and oxygen atoms in total. The number of fused-ring (bicyclic) bond motifs is 1. The van der Waals surface area contributed by atoms with Gasteiger partial charge in [0.25, 0.3) is 5.69 Å². The van der Waals surface area contributed by atoms with Crippen molar-refractivity contribution in [2.45, 2.75) is 19.3 Å². The van der Waals surface area contributed by atoms with E-state index >= 15 is 0 Å². The summed E-state index contributed by atoms with van der Waals surface area (Å²) in [6.07, 6.45) is 0.901. The minimum absolute atomic E-state index is 0.00751. The van der Waals surface area contributed by atoms with Gasteiger partial charge >= 0.3 is 0 Å². The lowest BCUT2D eigenvalue weighted by molar-refractivity contribution is -0.384. The fourth-order valence-electron chi connectivity index (χ4n) is 1.97. The number of non-ortho nitro benzene ring substituents is 1. The standard InChI is InChI=1S/C12H13N3O4/c1-14-10-6-5-8(15(18)19)7-9(10)13-11(14)3-2-4-12(16)17/h5-7H,2-4H2,1H3,(H,16,17)/p-1. The minimum atomic E-state index is -1.09. The van der Waals surface area contributed by atoms with Gasteiger partial charge in [0.1, 0.15) is 5.82 Å². The smallest absolute Gasteiger partial charge is 0.271 e. The van der Waals surface area contributed by atoms with Gasteiger partial charge in [-0.15, -0.1) is 0 Å². The van der Waals surface area contributed by atoms with E-state index in [-0.39, 0.29) is 12.1 Å². The molecule has 0 bridgehead atoms. The molecule has 0 atom stereocenters. The first-order chi connectivity index (χ1) is 8.99. The molecule has 0 saturated heterocycles. The van der Waals surface area contributed by atoms with Crippen LogP contribution in [0.4, 0.5) is 5.69 Å². The topological polar surface area (TPSA) is 101 Å². The van der Waals surface area contributed by atoms with Gasteiger partial charge in [0, 0.05) is 31.6 Å². The van der Waals surface area contributed by atoms with Crippen LogP contribution in [0.25, 0.3) is 11.0 Å². The van der Waals surface area contributed by atoms with Crippen molar-refractivity contribution < 1.29 is 14.8 Å². The Hall–Kier alpha value is -2.44. The van der Waals surface area contributed by atoms with Crippen molar-refractivity contribution in [3.8, 4) is 0 Å². The maximum Gasteiger partial charge on any atom is 0.271 e. The van der Waals surface area contributed by atoms with Crippen LogP contribution >= 0.6 is 0 Å². The lowest BCUT2D eigenvalue weighted by atomic mass is 10.2. The molecule has 2 rings (SSSR count). The molecular formula is C12H12N3O4-. The largest absolute Gasteiger partial charge is 0.550 e. The SMILES string of the molecule is Cn1c(CCCC(=O)[O-])nc2cc([N+](=O)[O-])ccc21. The molecule has 19 heavy (non-hydrogen) atoms. The summed E-state index contributed by atoms with van der Waals surface area (Å²) in [6, 6.07) is 4.48. The van der Waals surface area contributed by atoms with Crippen LogP contribution in [-0.4, -0.2) is 20.4 Å². The van der Waals surface area contributed by atoms with Gasteiger partial charge in [0.2, 0.25) is 0 Å².